The molecule has 0 atom stereocenters. The van der Waals surface area contributed by atoms with Crippen LogP contribution >= 0.6 is 0 Å². The molecule has 0 bridgehead atoms. The molecule has 1 aromatic heterocycles. The van der Waals surface area contributed by atoms with E-state index in [0.29, 0.717) is 0 Å². The molecule has 3 rings (SSSR count). The van der Waals surface area contributed by atoms with Crippen molar-refractivity contribution >= 4 is 5.97 Å². The lowest BCUT2D eigenvalue weighted by Crippen LogP contribution is -2.28. The SMILES string of the molecule is CC(C)(C)OC(=O)c1c(-c2cc(F)ccc2F)ccnc1C1CCC(F)(F)CC1. The van der Waals surface area contributed by atoms with Gasteiger partial charge >= 0.3 is 5.97 Å². The quantitative estimate of drug-likeness (QED) is 0.443. The zero-order chi connectivity index (χ0) is 21.4. The first kappa shape index (κ1) is 21.3. The Labute approximate surface area is 167 Å². The highest BCUT2D eigenvalue weighted by Gasteiger charge is 2.38. The van der Waals surface area contributed by atoms with E-state index in [2.05, 4.69) is 4.98 Å². The molecular formula is C22H23F4NO2. The van der Waals surface area contributed by atoms with Crippen LogP contribution in [-0.4, -0.2) is 22.5 Å². The van der Waals surface area contributed by atoms with E-state index in [-0.39, 0.29) is 48.1 Å². The number of benzene rings is 1. The Balaban J connectivity index is 2.14. The molecule has 2 aromatic rings. The lowest BCUT2D eigenvalue weighted by atomic mass is 9.81. The molecule has 0 unspecified atom stereocenters. The number of carbonyl (C=O) groups excluding carboxylic acids is 1. The average Bonchev–Trinajstić information content (AvgIpc) is 2.61. The lowest BCUT2D eigenvalue weighted by Gasteiger charge is -2.30. The highest BCUT2D eigenvalue weighted by atomic mass is 19.3. The number of ether oxygens (including phenoxy) is 1. The molecular weight excluding hydrogens is 386 g/mol. The summed E-state index contributed by atoms with van der Waals surface area (Å²) >= 11 is 0. The second-order valence-corrected chi connectivity index (χ2v) is 8.38. The molecule has 0 N–H and O–H groups in total. The van der Waals surface area contributed by atoms with Crippen molar-refractivity contribution < 1.29 is 27.1 Å². The van der Waals surface area contributed by atoms with Gasteiger partial charge in [0.1, 0.15) is 17.2 Å². The number of halogens is 4. The van der Waals surface area contributed by atoms with Crippen molar-refractivity contribution in [2.45, 2.75) is 63.9 Å². The van der Waals surface area contributed by atoms with Crippen molar-refractivity contribution in [1.82, 2.24) is 4.98 Å². The third-order valence-electron chi connectivity index (χ3n) is 4.91. The second kappa shape index (κ2) is 7.76. The van der Waals surface area contributed by atoms with Crippen LogP contribution in [0.5, 0.6) is 0 Å². The third-order valence-corrected chi connectivity index (χ3v) is 4.91. The van der Waals surface area contributed by atoms with Gasteiger partial charge in [0.2, 0.25) is 5.92 Å². The second-order valence-electron chi connectivity index (χ2n) is 8.38. The fourth-order valence-electron chi connectivity index (χ4n) is 3.57. The maximum Gasteiger partial charge on any atom is 0.341 e. The maximum absolute atomic E-state index is 14.5. The summed E-state index contributed by atoms with van der Waals surface area (Å²) in [7, 11) is 0. The van der Waals surface area contributed by atoms with E-state index in [1.807, 2.05) is 0 Å². The number of hydrogen-bond donors (Lipinski definition) is 0. The Morgan fingerprint density at radius 2 is 1.76 bits per heavy atom. The van der Waals surface area contributed by atoms with Crippen molar-refractivity contribution in [3.8, 4) is 11.1 Å². The number of alkyl halides is 2. The van der Waals surface area contributed by atoms with Crippen molar-refractivity contribution in [1.29, 1.82) is 0 Å². The van der Waals surface area contributed by atoms with Crippen LogP contribution in [0, 0.1) is 11.6 Å². The van der Waals surface area contributed by atoms with E-state index in [1.165, 1.54) is 12.3 Å². The van der Waals surface area contributed by atoms with E-state index >= 15 is 0 Å². The van der Waals surface area contributed by atoms with Gasteiger partial charge in [0.25, 0.3) is 0 Å². The molecule has 0 saturated heterocycles. The number of hydrogen-bond acceptors (Lipinski definition) is 3. The summed E-state index contributed by atoms with van der Waals surface area (Å²) in [6, 6.07) is 4.37. The minimum Gasteiger partial charge on any atom is -0.456 e. The van der Waals surface area contributed by atoms with E-state index in [0.717, 1.165) is 18.2 Å². The van der Waals surface area contributed by atoms with Crippen LogP contribution in [0.25, 0.3) is 11.1 Å². The van der Waals surface area contributed by atoms with Crippen molar-refractivity contribution in [3.05, 3.63) is 53.4 Å². The molecule has 0 amide bonds. The molecule has 3 nitrogen and oxygen atoms in total. The highest BCUT2D eigenvalue weighted by molar-refractivity contribution is 5.98. The topological polar surface area (TPSA) is 39.2 Å². The van der Waals surface area contributed by atoms with Gasteiger partial charge in [-0.1, -0.05) is 0 Å². The number of pyridine rings is 1. The highest BCUT2D eigenvalue weighted by Crippen LogP contribution is 2.43. The van der Waals surface area contributed by atoms with E-state index < -0.39 is 35.0 Å². The fourth-order valence-corrected chi connectivity index (χ4v) is 3.57. The Morgan fingerprint density at radius 1 is 1.10 bits per heavy atom. The Morgan fingerprint density at radius 3 is 2.38 bits per heavy atom. The molecule has 1 fully saturated rings. The monoisotopic (exact) mass is 409 g/mol. The van der Waals surface area contributed by atoms with Crippen molar-refractivity contribution in [2.75, 3.05) is 0 Å². The van der Waals surface area contributed by atoms with Crippen LogP contribution in [0.4, 0.5) is 17.6 Å². The van der Waals surface area contributed by atoms with E-state index in [1.54, 1.807) is 20.8 Å². The predicted octanol–water partition coefficient (Wildman–Crippen LogP) is 6.28. The molecule has 1 saturated carbocycles. The van der Waals surface area contributed by atoms with E-state index in [4.69, 9.17) is 4.74 Å². The first-order chi connectivity index (χ1) is 13.5. The third kappa shape index (κ3) is 4.95. The minimum atomic E-state index is -2.74. The molecule has 0 spiro atoms. The van der Waals surface area contributed by atoms with Gasteiger partial charge in [-0.25, -0.2) is 22.4 Å². The zero-order valence-corrected chi connectivity index (χ0v) is 16.6. The summed E-state index contributed by atoms with van der Waals surface area (Å²) in [6.07, 6.45) is 1.04. The van der Waals surface area contributed by atoms with Crippen molar-refractivity contribution in [2.24, 2.45) is 0 Å². The number of rotatable bonds is 3. The largest absolute Gasteiger partial charge is 0.456 e. The minimum absolute atomic E-state index is 0.00198. The van der Waals surface area contributed by atoms with Gasteiger partial charge in [-0.05, 0) is 57.9 Å². The van der Waals surface area contributed by atoms with Gasteiger partial charge in [-0.15, -0.1) is 0 Å². The maximum atomic E-state index is 14.5. The molecule has 1 heterocycles. The molecule has 0 aliphatic heterocycles. The summed E-state index contributed by atoms with van der Waals surface area (Å²) in [5.41, 5.74) is -0.506. The number of nitrogens with zero attached hydrogens (tertiary/aromatic N) is 1. The summed E-state index contributed by atoms with van der Waals surface area (Å²) in [5, 5.41) is 0. The molecule has 1 aliphatic carbocycles. The predicted molar refractivity (Wildman–Crippen MR) is 101 cm³/mol. The summed E-state index contributed by atoms with van der Waals surface area (Å²) in [4.78, 5) is 17.3. The van der Waals surface area contributed by atoms with Crippen LogP contribution < -0.4 is 0 Å². The van der Waals surface area contributed by atoms with Crippen LogP contribution in [0.2, 0.25) is 0 Å². The van der Waals surface area contributed by atoms with Gasteiger partial charge in [0.15, 0.2) is 0 Å². The molecule has 156 valence electrons. The molecule has 7 heteroatoms. The van der Waals surface area contributed by atoms with Gasteiger partial charge in [0, 0.05) is 36.1 Å². The number of aromatic nitrogens is 1. The zero-order valence-electron chi connectivity index (χ0n) is 16.6. The normalized spacial score (nSPS) is 17.2. The van der Waals surface area contributed by atoms with Crippen molar-refractivity contribution in [3.63, 3.8) is 0 Å². The van der Waals surface area contributed by atoms with Crippen LogP contribution in [0.15, 0.2) is 30.5 Å². The first-order valence-corrected chi connectivity index (χ1v) is 9.52. The Hall–Kier alpha value is -2.44. The number of carbonyl (C=O) groups is 1. The smallest absolute Gasteiger partial charge is 0.341 e. The van der Waals surface area contributed by atoms with Crippen LogP contribution in [0.1, 0.15) is 68.4 Å². The van der Waals surface area contributed by atoms with Gasteiger partial charge < -0.3 is 4.74 Å². The summed E-state index contributed by atoms with van der Waals surface area (Å²) in [6.45, 7) is 5.06. The molecule has 0 radical (unpaired) electrons. The Bertz CT molecular complexity index is 912. The molecule has 1 aromatic carbocycles. The first-order valence-electron chi connectivity index (χ1n) is 9.52. The molecule has 1 aliphatic rings. The fraction of sp³-hybridized carbons (Fsp3) is 0.455. The van der Waals surface area contributed by atoms with Gasteiger partial charge in [-0.2, -0.15) is 0 Å². The van der Waals surface area contributed by atoms with Gasteiger partial charge in [0.05, 0.1) is 11.3 Å². The Kier molecular flexibility index (Phi) is 5.70. The van der Waals surface area contributed by atoms with Crippen LogP contribution in [-0.2, 0) is 4.74 Å². The summed E-state index contributed by atoms with van der Waals surface area (Å²) < 4.78 is 61.0. The standard InChI is InChI=1S/C22H23F4NO2/c1-21(2,3)29-20(28)18-15(16-12-14(23)4-5-17(16)24)8-11-27-19(18)13-6-9-22(25,26)10-7-13/h4-5,8,11-13H,6-7,9-10H2,1-3H3. The molecule has 29 heavy (non-hydrogen) atoms. The average molecular weight is 409 g/mol. The van der Waals surface area contributed by atoms with Crippen LogP contribution in [0.3, 0.4) is 0 Å². The summed E-state index contributed by atoms with van der Waals surface area (Å²) in [5.74, 6) is -5.24. The van der Waals surface area contributed by atoms with E-state index in [9.17, 15) is 22.4 Å². The number of esters is 1. The lowest BCUT2D eigenvalue weighted by molar-refractivity contribution is -0.0385. The van der Waals surface area contributed by atoms with Gasteiger partial charge in [-0.3, -0.25) is 4.98 Å².